The number of nitrogens with one attached hydrogen (secondary N) is 1. The number of ether oxygens (including phenoxy) is 3. The van der Waals surface area contributed by atoms with Crippen molar-refractivity contribution >= 4 is 0 Å². The van der Waals surface area contributed by atoms with Gasteiger partial charge in [-0.2, -0.15) is 5.48 Å². The Bertz CT molecular complexity index is 313. The zero-order valence-electron chi connectivity index (χ0n) is 10.2. The molecule has 0 fully saturated rings. The van der Waals surface area contributed by atoms with Crippen molar-refractivity contribution in [1.29, 1.82) is 0 Å². The summed E-state index contributed by atoms with van der Waals surface area (Å²) >= 11 is 0. The number of aromatic nitrogens is 2. The Kier molecular flexibility index (Phi) is 6.23. The topological polar surface area (TPSA) is 74.7 Å². The van der Waals surface area contributed by atoms with Crippen LogP contribution in [-0.4, -0.2) is 44.5 Å². The maximum Gasteiger partial charge on any atom is 0.224 e. The monoisotopic (exact) mass is 243 g/mol. The van der Waals surface area contributed by atoms with E-state index in [0.717, 1.165) is 0 Å². The van der Waals surface area contributed by atoms with Crippen molar-refractivity contribution < 1.29 is 19.0 Å². The average molecular weight is 243 g/mol. The first-order valence-corrected chi connectivity index (χ1v) is 5.09. The number of hydroxylamine groups is 1. The second-order valence-electron chi connectivity index (χ2n) is 3.03. The van der Waals surface area contributed by atoms with Crippen LogP contribution in [0.15, 0.2) is 6.33 Å². The van der Waals surface area contributed by atoms with Crippen molar-refractivity contribution in [3.05, 3.63) is 11.9 Å². The largest absolute Gasteiger partial charge is 0.481 e. The highest BCUT2D eigenvalue weighted by molar-refractivity contribution is 5.33. The Labute approximate surface area is 100 Å². The molecule has 0 saturated carbocycles. The molecule has 96 valence electrons. The summed E-state index contributed by atoms with van der Waals surface area (Å²) in [6, 6.07) is 0. The van der Waals surface area contributed by atoms with E-state index in [-0.39, 0.29) is 0 Å². The highest BCUT2D eigenvalue weighted by Crippen LogP contribution is 2.22. The first kappa shape index (κ1) is 13.6. The molecule has 0 amide bonds. The van der Waals surface area contributed by atoms with Gasteiger partial charge >= 0.3 is 0 Å². The van der Waals surface area contributed by atoms with Crippen molar-refractivity contribution in [2.45, 2.75) is 6.54 Å². The first-order valence-electron chi connectivity index (χ1n) is 5.09. The predicted octanol–water partition coefficient (Wildman–Crippen LogP) is 0.161. The number of hydrogen-bond donors (Lipinski definition) is 1. The van der Waals surface area contributed by atoms with Crippen LogP contribution in [-0.2, 0) is 16.1 Å². The number of hydrogen-bond acceptors (Lipinski definition) is 7. The third-order valence-corrected chi connectivity index (χ3v) is 1.99. The van der Waals surface area contributed by atoms with E-state index in [1.807, 2.05) is 0 Å². The van der Waals surface area contributed by atoms with Crippen molar-refractivity contribution in [2.24, 2.45) is 0 Å². The Morgan fingerprint density at radius 1 is 1.06 bits per heavy atom. The molecule has 0 aliphatic heterocycles. The summed E-state index contributed by atoms with van der Waals surface area (Å²) in [5.41, 5.74) is 3.47. The number of rotatable bonds is 8. The molecule has 0 saturated heterocycles. The predicted molar refractivity (Wildman–Crippen MR) is 59.8 cm³/mol. The second kappa shape index (κ2) is 7.77. The van der Waals surface area contributed by atoms with Gasteiger partial charge in [0, 0.05) is 7.11 Å². The van der Waals surface area contributed by atoms with Gasteiger partial charge < -0.3 is 14.2 Å². The Morgan fingerprint density at radius 3 is 2.24 bits per heavy atom. The van der Waals surface area contributed by atoms with Gasteiger partial charge in [0.15, 0.2) is 0 Å². The Morgan fingerprint density at radius 2 is 1.71 bits per heavy atom. The van der Waals surface area contributed by atoms with Crippen LogP contribution in [0.5, 0.6) is 11.8 Å². The summed E-state index contributed by atoms with van der Waals surface area (Å²) in [7, 11) is 4.69. The van der Waals surface area contributed by atoms with E-state index in [9.17, 15) is 0 Å². The fourth-order valence-electron chi connectivity index (χ4n) is 1.20. The van der Waals surface area contributed by atoms with Gasteiger partial charge in [0.25, 0.3) is 0 Å². The lowest BCUT2D eigenvalue weighted by Gasteiger charge is -2.11. The van der Waals surface area contributed by atoms with E-state index < -0.39 is 0 Å². The van der Waals surface area contributed by atoms with Crippen LogP contribution in [0.3, 0.4) is 0 Å². The van der Waals surface area contributed by atoms with E-state index in [1.54, 1.807) is 7.11 Å². The van der Waals surface area contributed by atoms with Crippen LogP contribution in [0.1, 0.15) is 5.56 Å². The van der Waals surface area contributed by atoms with Gasteiger partial charge in [0.2, 0.25) is 11.8 Å². The number of methoxy groups -OCH3 is 3. The third-order valence-electron chi connectivity index (χ3n) is 1.99. The fraction of sp³-hybridized carbons (Fsp3) is 0.600. The molecule has 0 spiro atoms. The van der Waals surface area contributed by atoms with Gasteiger partial charge in [-0.3, -0.25) is 4.84 Å². The molecule has 1 rings (SSSR count). The minimum absolute atomic E-state index is 0.386. The molecule has 1 N–H and O–H groups in total. The lowest BCUT2D eigenvalue weighted by atomic mass is 10.3. The summed E-state index contributed by atoms with van der Waals surface area (Å²) in [5, 5.41) is 0. The van der Waals surface area contributed by atoms with Gasteiger partial charge in [-0.25, -0.2) is 9.97 Å². The van der Waals surface area contributed by atoms with Gasteiger partial charge in [-0.15, -0.1) is 0 Å². The first-order chi connectivity index (χ1) is 8.33. The molecule has 1 aromatic rings. The molecule has 0 atom stereocenters. The zero-order chi connectivity index (χ0) is 12.5. The normalized spacial score (nSPS) is 10.3. The molecular formula is C10H17N3O4. The summed E-state index contributed by atoms with van der Waals surface area (Å²) in [6.07, 6.45) is 1.38. The smallest absolute Gasteiger partial charge is 0.224 e. The molecule has 17 heavy (non-hydrogen) atoms. The third kappa shape index (κ3) is 4.14. The maximum absolute atomic E-state index is 5.14. The van der Waals surface area contributed by atoms with Crippen LogP contribution < -0.4 is 15.0 Å². The summed E-state index contributed by atoms with van der Waals surface area (Å²) in [4.78, 5) is 13.1. The molecule has 7 nitrogen and oxygen atoms in total. The lowest BCUT2D eigenvalue weighted by Crippen LogP contribution is -2.18. The molecule has 1 heterocycles. The standard InChI is InChI=1S/C10H17N3O4/c1-14-4-5-17-13-6-8-9(15-2)11-7-12-10(8)16-3/h7,13H,4-6H2,1-3H3. The van der Waals surface area contributed by atoms with Crippen LogP contribution in [0.2, 0.25) is 0 Å². The molecule has 1 aromatic heterocycles. The molecule has 0 aliphatic carbocycles. The van der Waals surface area contributed by atoms with Crippen LogP contribution in [0.25, 0.3) is 0 Å². The fourth-order valence-corrected chi connectivity index (χ4v) is 1.20. The van der Waals surface area contributed by atoms with Crippen molar-refractivity contribution in [3.63, 3.8) is 0 Å². The minimum atomic E-state index is 0.386. The van der Waals surface area contributed by atoms with Crippen LogP contribution in [0, 0.1) is 0 Å². The van der Waals surface area contributed by atoms with Crippen molar-refractivity contribution in [2.75, 3.05) is 34.5 Å². The summed E-state index contributed by atoms with van der Waals surface area (Å²) in [5.74, 6) is 0.916. The molecule has 0 aliphatic rings. The second-order valence-corrected chi connectivity index (χ2v) is 3.03. The van der Waals surface area contributed by atoms with Gasteiger partial charge in [-0.1, -0.05) is 0 Å². The van der Waals surface area contributed by atoms with Crippen LogP contribution in [0.4, 0.5) is 0 Å². The molecule has 0 bridgehead atoms. The van der Waals surface area contributed by atoms with E-state index in [2.05, 4.69) is 15.4 Å². The van der Waals surface area contributed by atoms with Crippen LogP contribution >= 0.6 is 0 Å². The minimum Gasteiger partial charge on any atom is -0.481 e. The lowest BCUT2D eigenvalue weighted by molar-refractivity contribution is 0.00282. The molecule has 0 unspecified atom stereocenters. The van der Waals surface area contributed by atoms with Crippen molar-refractivity contribution in [3.8, 4) is 11.8 Å². The highest BCUT2D eigenvalue weighted by atomic mass is 16.7. The quantitative estimate of drug-likeness (QED) is 0.515. The highest BCUT2D eigenvalue weighted by Gasteiger charge is 2.12. The molecule has 7 heteroatoms. The zero-order valence-corrected chi connectivity index (χ0v) is 10.2. The summed E-state index contributed by atoms with van der Waals surface area (Å²) < 4.78 is 15.1. The van der Waals surface area contributed by atoms with Gasteiger partial charge in [0.1, 0.15) is 6.33 Å². The SMILES string of the molecule is COCCONCc1c(OC)ncnc1OC. The number of nitrogens with zero attached hydrogens (tertiary/aromatic N) is 2. The molecule has 0 aromatic carbocycles. The van der Waals surface area contributed by atoms with E-state index in [1.165, 1.54) is 20.5 Å². The molecule has 0 radical (unpaired) electrons. The average Bonchev–Trinajstić information content (AvgIpc) is 2.38. The van der Waals surface area contributed by atoms with Crippen molar-refractivity contribution in [1.82, 2.24) is 15.4 Å². The molecular weight excluding hydrogens is 226 g/mol. The maximum atomic E-state index is 5.14. The van der Waals surface area contributed by atoms with E-state index >= 15 is 0 Å². The summed E-state index contributed by atoms with van der Waals surface area (Å²) in [6.45, 7) is 1.36. The van der Waals surface area contributed by atoms with Gasteiger partial charge in [0.05, 0.1) is 39.5 Å². The van der Waals surface area contributed by atoms with E-state index in [0.29, 0.717) is 37.1 Å². The van der Waals surface area contributed by atoms with Gasteiger partial charge in [-0.05, 0) is 0 Å². The Balaban J connectivity index is 2.55. The Hall–Kier alpha value is -1.44. The van der Waals surface area contributed by atoms with E-state index in [4.69, 9.17) is 19.0 Å².